The molecule has 2 N–H and O–H groups in total. The van der Waals surface area contributed by atoms with Crippen LogP contribution in [0.5, 0.6) is 5.88 Å². The Hall–Kier alpha value is -1.76. The molecule has 0 atom stereocenters. The normalized spacial score (nSPS) is 24.3. The van der Waals surface area contributed by atoms with E-state index < -0.39 is 0 Å². The summed E-state index contributed by atoms with van der Waals surface area (Å²) in [5, 5.41) is 11.2. The highest BCUT2D eigenvalue weighted by atomic mass is 16.5. The van der Waals surface area contributed by atoms with Crippen molar-refractivity contribution in [3.8, 4) is 5.88 Å². The lowest BCUT2D eigenvalue weighted by molar-refractivity contribution is 0.0622. The molecule has 2 aromatic heterocycles. The van der Waals surface area contributed by atoms with Gasteiger partial charge < -0.3 is 10.5 Å². The summed E-state index contributed by atoms with van der Waals surface area (Å²) in [6, 6.07) is 0. The van der Waals surface area contributed by atoms with Gasteiger partial charge in [-0.2, -0.15) is 4.52 Å². The van der Waals surface area contributed by atoms with Gasteiger partial charge in [0.15, 0.2) is 0 Å². The first-order valence-electron chi connectivity index (χ1n) is 5.25. The summed E-state index contributed by atoms with van der Waals surface area (Å²) in [6.07, 6.45) is 5.42. The lowest BCUT2D eigenvalue weighted by atomic mass is 9.82. The number of nitrogens with zero attached hydrogens (tertiary/aromatic N) is 5. The van der Waals surface area contributed by atoms with Gasteiger partial charge in [0, 0.05) is 0 Å². The van der Waals surface area contributed by atoms with Crippen LogP contribution in [-0.2, 0) is 0 Å². The largest absolute Gasteiger partial charge is 0.473 e. The van der Waals surface area contributed by atoms with E-state index in [0.717, 1.165) is 19.4 Å². The SMILES string of the molecule is NCC1CC(Oc2cncc3nnnn23)C1. The van der Waals surface area contributed by atoms with Crippen LogP contribution in [0.4, 0.5) is 0 Å². The van der Waals surface area contributed by atoms with Crippen LogP contribution in [0.1, 0.15) is 12.8 Å². The van der Waals surface area contributed by atoms with Crippen LogP contribution in [-0.4, -0.2) is 37.7 Å². The minimum Gasteiger partial charge on any atom is -0.473 e. The van der Waals surface area contributed by atoms with Crippen LogP contribution < -0.4 is 10.5 Å². The van der Waals surface area contributed by atoms with E-state index in [1.54, 1.807) is 16.9 Å². The standard InChI is InChI=1S/C9H12N6O/c10-3-6-1-7(2-6)16-9-5-11-4-8-12-13-14-15(8)9/h4-7H,1-3,10H2. The smallest absolute Gasteiger partial charge is 0.237 e. The second kappa shape index (κ2) is 3.67. The molecule has 0 aliphatic heterocycles. The zero-order chi connectivity index (χ0) is 11.0. The first-order chi connectivity index (χ1) is 7.86. The van der Waals surface area contributed by atoms with Gasteiger partial charge in [-0.15, -0.1) is 5.10 Å². The van der Waals surface area contributed by atoms with Crippen LogP contribution in [0.25, 0.3) is 5.65 Å². The van der Waals surface area contributed by atoms with Crippen molar-refractivity contribution in [2.45, 2.75) is 18.9 Å². The molecule has 1 fully saturated rings. The number of hydrogen-bond donors (Lipinski definition) is 1. The minimum atomic E-state index is 0.213. The molecule has 0 amide bonds. The van der Waals surface area contributed by atoms with E-state index in [4.69, 9.17) is 10.5 Å². The zero-order valence-electron chi connectivity index (χ0n) is 8.65. The highest BCUT2D eigenvalue weighted by Crippen LogP contribution is 2.29. The maximum absolute atomic E-state index is 5.76. The van der Waals surface area contributed by atoms with Crippen molar-refractivity contribution in [2.75, 3.05) is 6.54 Å². The Bertz CT molecular complexity index is 491. The highest BCUT2D eigenvalue weighted by molar-refractivity contribution is 5.34. The van der Waals surface area contributed by atoms with Crippen LogP contribution >= 0.6 is 0 Å². The fourth-order valence-electron chi connectivity index (χ4n) is 1.87. The summed E-state index contributed by atoms with van der Waals surface area (Å²) >= 11 is 0. The number of rotatable bonds is 3. The molecule has 0 unspecified atom stereocenters. The lowest BCUT2D eigenvalue weighted by Gasteiger charge is -2.34. The molecular weight excluding hydrogens is 208 g/mol. The van der Waals surface area contributed by atoms with Crippen LogP contribution in [0.15, 0.2) is 12.4 Å². The Morgan fingerprint density at radius 2 is 2.31 bits per heavy atom. The van der Waals surface area contributed by atoms with Gasteiger partial charge in [0.05, 0.1) is 12.4 Å². The van der Waals surface area contributed by atoms with Gasteiger partial charge in [-0.25, -0.2) is 0 Å². The van der Waals surface area contributed by atoms with Gasteiger partial charge in [0.1, 0.15) is 6.10 Å². The Kier molecular flexibility index (Phi) is 2.17. The molecular formula is C9H12N6O. The number of tetrazole rings is 1. The zero-order valence-corrected chi connectivity index (χ0v) is 8.65. The van der Waals surface area contributed by atoms with E-state index in [0.29, 0.717) is 17.4 Å². The van der Waals surface area contributed by atoms with Gasteiger partial charge in [-0.05, 0) is 35.7 Å². The molecule has 1 saturated carbocycles. The Morgan fingerprint density at radius 3 is 3.12 bits per heavy atom. The predicted molar refractivity (Wildman–Crippen MR) is 54.8 cm³/mol. The van der Waals surface area contributed by atoms with Gasteiger partial charge in [0.25, 0.3) is 0 Å². The Labute approximate surface area is 91.6 Å². The van der Waals surface area contributed by atoms with E-state index in [2.05, 4.69) is 20.5 Å². The molecule has 0 saturated heterocycles. The second-order valence-electron chi connectivity index (χ2n) is 4.01. The molecule has 2 heterocycles. The van der Waals surface area contributed by atoms with Crippen LogP contribution in [0.3, 0.4) is 0 Å². The maximum Gasteiger partial charge on any atom is 0.237 e. The third-order valence-electron chi connectivity index (χ3n) is 2.89. The fraction of sp³-hybridized carbons (Fsp3) is 0.556. The molecule has 0 aromatic carbocycles. The topological polar surface area (TPSA) is 91.2 Å². The molecule has 2 aromatic rings. The van der Waals surface area contributed by atoms with Crippen molar-refractivity contribution in [1.29, 1.82) is 0 Å². The minimum absolute atomic E-state index is 0.213. The molecule has 0 bridgehead atoms. The number of aromatic nitrogens is 5. The summed E-state index contributed by atoms with van der Waals surface area (Å²) in [5.41, 5.74) is 6.15. The summed E-state index contributed by atoms with van der Waals surface area (Å²) < 4.78 is 7.30. The van der Waals surface area contributed by atoms with E-state index in [9.17, 15) is 0 Å². The average molecular weight is 220 g/mol. The first kappa shape index (κ1) is 9.46. The highest BCUT2D eigenvalue weighted by Gasteiger charge is 2.30. The Balaban J connectivity index is 1.77. The molecule has 1 aliphatic carbocycles. The van der Waals surface area contributed by atoms with Gasteiger partial charge in [-0.1, -0.05) is 0 Å². The molecule has 0 spiro atoms. The summed E-state index contributed by atoms with van der Waals surface area (Å²) in [5.74, 6) is 1.18. The third kappa shape index (κ3) is 1.49. The molecule has 3 rings (SSSR count). The number of ether oxygens (including phenoxy) is 1. The quantitative estimate of drug-likeness (QED) is 0.759. The monoisotopic (exact) mass is 220 g/mol. The van der Waals surface area contributed by atoms with E-state index in [1.807, 2.05) is 0 Å². The molecule has 16 heavy (non-hydrogen) atoms. The molecule has 1 aliphatic rings. The maximum atomic E-state index is 5.76. The van der Waals surface area contributed by atoms with Crippen molar-refractivity contribution in [2.24, 2.45) is 11.7 Å². The second-order valence-corrected chi connectivity index (χ2v) is 4.01. The van der Waals surface area contributed by atoms with Crippen molar-refractivity contribution in [3.05, 3.63) is 12.4 Å². The summed E-state index contributed by atoms with van der Waals surface area (Å²) in [6.45, 7) is 0.729. The molecule has 7 nitrogen and oxygen atoms in total. The van der Waals surface area contributed by atoms with Crippen LogP contribution in [0.2, 0.25) is 0 Å². The van der Waals surface area contributed by atoms with Crippen molar-refractivity contribution >= 4 is 5.65 Å². The first-order valence-corrected chi connectivity index (χ1v) is 5.25. The lowest BCUT2D eigenvalue weighted by Crippen LogP contribution is -2.38. The number of nitrogens with two attached hydrogens (primary N) is 1. The molecule has 7 heteroatoms. The Morgan fingerprint density at radius 1 is 1.44 bits per heavy atom. The average Bonchev–Trinajstić information content (AvgIpc) is 2.71. The van der Waals surface area contributed by atoms with Crippen molar-refractivity contribution < 1.29 is 4.74 Å². The number of hydrogen-bond acceptors (Lipinski definition) is 6. The number of fused-ring (bicyclic) bond motifs is 1. The van der Waals surface area contributed by atoms with Crippen molar-refractivity contribution in [3.63, 3.8) is 0 Å². The van der Waals surface area contributed by atoms with Gasteiger partial charge in [0.2, 0.25) is 11.5 Å². The van der Waals surface area contributed by atoms with Crippen LogP contribution in [0, 0.1) is 5.92 Å². The van der Waals surface area contributed by atoms with Gasteiger partial charge in [-0.3, -0.25) is 4.98 Å². The van der Waals surface area contributed by atoms with Crippen molar-refractivity contribution in [1.82, 2.24) is 25.0 Å². The van der Waals surface area contributed by atoms with E-state index in [1.165, 1.54) is 0 Å². The summed E-state index contributed by atoms with van der Waals surface area (Å²) in [7, 11) is 0. The van der Waals surface area contributed by atoms with E-state index >= 15 is 0 Å². The predicted octanol–water partition coefficient (Wildman–Crippen LogP) is -0.365. The summed E-state index contributed by atoms with van der Waals surface area (Å²) in [4.78, 5) is 4.02. The fourth-order valence-corrected chi connectivity index (χ4v) is 1.87. The van der Waals surface area contributed by atoms with E-state index in [-0.39, 0.29) is 6.10 Å². The third-order valence-corrected chi connectivity index (χ3v) is 2.89. The molecule has 84 valence electrons. The van der Waals surface area contributed by atoms with Gasteiger partial charge >= 0.3 is 0 Å². The molecule has 0 radical (unpaired) electrons.